The highest BCUT2D eigenvalue weighted by molar-refractivity contribution is 5.59. The van der Waals surface area contributed by atoms with Crippen LogP contribution >= 0.6 is 0 Å². The molecule has 3 rings (SSSR count). The van der Waals surface area contributed by atoms with E-state index in [9.17, 15) is 15.2 Å². The van der Waals surface area contributed by atoms with Gasteiger partial charge in [0.05, 0.1) is 22.3 Å². The highest BCUT2D eigenvalue weighted by Gasteiger charge is 2.38. The summed E-state index contributed by atoms with van der Waals surface area (Å²) in [6.45, 7) is 10.2. The zero-order valence-electron chi connectivity index (χ0n) is 18.6. The third-order valence-electron chi connectivity index (χ3n) is 6.38. The van der Waals surface area contributed by atoms with E-state index in [2.05, 4.69) is 15.2 Å². The Hall–Kier alpha value is -2.78. The fraction of sp³-hybridized carbons (Fsp3) is 0.545. The van der Waals surface area contributed by atoms with Gasteiger partial charge < -0.3 is 10.0 Å². The van der Waals surface area contributed by atoms with Crippen molar-refractivity contribution in [2.24, 2.45) is 0 Å². The minimum absolute atomic E-state index is 0.0791. The molecular formula is C22H31N5O4. The summed E-state index contributed by atoms with van der Waals surface area (Å²) in [5.41, 5.74) is 1.13. The van der Waals surface area contributed by atoms with Crippen LogP contribution in [0, 0.1) is 10.1 Å². The molecule has 2 heterocycles. The lowest BCUT2D eigenvalue weighted by Crippen LogP contribution is -2.43. The van der Waals surface area contributed by atoms with E-state index < -0.39 is 10.5 Å². The number of likely N-dealkylation sites (tertiary alicyclic amines) is 1. The van der Waals surface area contributed by atoms with Crippen LogP contribution in [0.3, 0.4) is 0 Å². The maximum absolute atomic E-state index is 11.9. The summed E-state index contributed by atoms with van der Waals surface area (Å²) in [4.78, 5) is 15.6. The van der Waals surface area contributed by atoms with E-state index in [4.69, 9.17) is 4.63 Å². The molecule has 1 aliphatic rings. The van der Waals surface area contributed by atoms with Crippen molar-refractivity contribution in [2.75, 3.05) is 26.2 Å². The van der Waals surface area contributed by atoms with Crippen LogP contribution in [-0.4, -0.2) is 56.3 Å². The third kappa shape index (κ3) is 4.62. The summed E-state index contributed by atoms with van der Waals surface area (Å²) in [5, 5.41) is 31.0. The van der Waals surface area contributed by atoms with Gasteiger partial charge in [-0.2, -0.15) is 0 Å². The SMILES string of the molecule is CCN(CC)/C(C)=C(/c1nonc1C(C)N1CCC(O)(c2ccccc2)CC1)[N+](=O)[O-]. The topological polar surface area (TPSA) is 109 Å². The van der Waals surface area contributed by atoms with E-state index in [0.717, 1.165) is 5.56 Å². The van der Waals surface area contributed by atoms with Gasteiger partial charge in [-0.05, 0) is 51.3 Å². The number of hydrogen-bond acceptors (Lipinski definition) is 8. The molecule has 31 heavy (non-hydrogen) atoms. The highest BCUT2D eigenvalue weighted by atomic mass is 16.6. The number of piperidine rings is 1. The van der Waals surface area contributed by atoms with Crippen molar-refractivity contribution in [2.45, 2.75) is 52.2 Å². The van der Waals surface area contributed by atoms with E-state index in [1.165, 1.54) is 0 Å². The molecule has 0 saturated carbocycles. The Morgan fingerprint density at radius 2 is 1.87 bits per heavy atom. The molecule has 1 aromatic heterocycles. The maximum atomic E-state index is 11.9. The number of hydrogen-bond donors (Lipinski definition) is 1. The monoisotopic (exact) mass is 429 g/mol. The number of aliphatic hydroxyl groups is 1. The van der Waals surface area contributed by atoms with Crippen LogP contribution in [0.25, 0.3) is 5.70 Å². The van der Waals surface area contributed by atoms with E-state index in [1.807, 2.05) is 56.0 Å². The molecule has 1 atom stereocenters. The number of aromatic nitrogens is 2. The minimum atomic E-state index is -0.867. The standard InChI is InChI=1S/C22H31N5O4/c1-5-25(6-2)17(4)21(27(29)30)20-19(23-31-24-20)16(3)26-14-12-22(28,13-15-26)18-10-8-7-9-11-18/h7-11,16,28H,5-6,12-15H2,1-4H3/b21-17-. The summed E-state index contributed by atoms with van der Waals surface area (Å²) in [6.07, 6.45) is 1.14. The van der Waals surface area contributed by atoms with Gasteiger partial charge in [-0.15, -0.1) is 0 Å². The van der Waals surface area contributed by atoms with Crippen molar-refractivity contribution in [1.29, 1.82) is 0 Å². The number of rotatable bonds is 8. The first kappa shape index (κ1) is 22.9. The lowest BCUT2D eigenvalue weighted by molar-refractivity contribution is -0.377. The summed E-state index contributed by atoms with van der Waals surface area (Å²) in [7, 11) is 0. The predicted molar refractivity (Wildman–Crippen MR) is 116 cm³/mol. The van der Waals surface area contributed by atoms with Crippen molar-refractivity contribution in [3.05, 3.63) is 63.1 Å². The van der Waals surface area contributed by atoms with Gasteiger partial charge in [-0.3, -0.25) is 15.0 Å². The second-order valence-electron chi connectivity index (χ2n) is 7.97. The fourth-order valence-electron chi connectivity index (χ4n) is 4.36. The van der Waals surface area contributed by atoms with E-state index >= 15 is 0 Å². The Balaban J connectivity index is 1.83. The molecule has 0 spiro atoms. The maximum Gasteiger partial charge on any atom is 0.319 e. The number of nitro groups is 1. The number of allylic oxidation sites excluding steroid dienone is 1. The summed E-state index contributed by atoms with van der Waals surface area (Å²) < 4.78 is 4.96. The van der Waals surface area contributed by atoms with Gasteiger partial charge in [0.15, 0.2) is 0 Å². The molecule has 0 bridgehead atoms. The largest absolute Gasteiger partial charge is 0.385 e. The van der Waals surface area contributed by atoms with Gasteiger partial charge in [0.1, 0.15) is 5.69 Å². The van der Waals surface area contributed by atoms with Crippen LogP contribution in [0.2, 0.25) is 0 Å². The second-order valence-corrected chi connectivity index (χ2v) is 7.97. The molecule has 1 N–H and O–H groups in total. The quantitative estimate of drug-likeness (QED) is 0.502. The van der Waals surface area contributed by atoms with Gasteiger partial charge in [0, 0.05) is 26.2 Å². The molecule has 9 heteroatoms. The minimum Gasteiger partial charge on any atom is -0.385 e. The van der Waals surface area contributed by atoms with Crippen LogP contribution in [-0.2, 0) is 5.60 Å². The average molecular weight is 430 g/mol. The van der Waals surface area contributed by atoms with Crippen molar-refractivity contribution in [1.82, 2.24) is 20.1 Å². The van der Waals surface area contributed by atoms with Crippen molar-refractivity contribution in [3.63, 3.8) is 0 Å². The lowest BCUT2D eigenvalue weighted by atomic mass is 9.84. The van der Waals surface area contributed by atoms with E-state index in [1.54, 1.807) is 6.92 Å². The van der Waals surface area contributed by atoms with Crippen LogP contribution in [0.4, 0.5) is 0 Å². The normalized spacial score (nSPS) is 18.4. The van der Waals surface area contributed by atoms with Gasteiger partial charge in [0.25, 0.3) is 0 Å². The van der Waals surface area contributed by atoms with Crippen molar-refractivity contribution in [3.8, 4) is 0 Å². The molecule has 1 fully saturated rings. The molecule has 0 amide bonds. The van der Waals surface area contributed by atoms with Crippen molar-refractivity contribution < 1.29 is 14.7 Å². The van der Waals surface area contributed by atoms with E-state index in [0.29, 0.717) is 50.4 Å². The Bertz CT molecular complexity index is 915. The Morgan fingerprint density at radius 1 is 1.26 bits per heavy atom. The second kappa shape index (κ2) is 9.57. The first-order chi connectivity index (χ1) is 14.8. The molecule has 1 aliphatic heterocycles. The number of nitrogens with zero attached hydrogens (tertiary/aromatic N) is 5. The van der Waals surface area contributed by atoms with Crippen molar-refractivity contribution >= 4 is 5.70 Å². The fourth-order valence-corrected chi connectivity index (χ4v) is 4.36. The zero-order valence-corrected chi connectivity index (χ0v) is 18.6. The Labute approximate surface area is 182 Å². The molecule has 2 aromatic rings. The Morgan fingerprint density at radius 3 is 2.42 bits per heavy atom. The molecule has 0 radical (unpaired) electrons. The third-order valence-corrected chi connectivity index (χ3v) is 6.38. The summed E-state index contributed by atoms with van der Waals surface area (Å²) in [5.74, 6) is 0. The molecule has 1 saturated heterocycles. The summed E-state index contributed by atoms with van der Waals surface area (Å²) in [6, 6.07) is 9.45. The van der Waals surface area contributed by atoms with Crippen LogP contribution < -0.4 is 0 Å². The zero-order chi connectivity index (χ0) is 22.6. The first-order valence-corrected chi connectivity index (χ1v) is 10.8. The van der Waals surface area contributed by atoms with Crippen LogP contribution in [0.1, 0.15) is 63.5 Å². The molecule has 0 aliphatic carbocycles. The first-order valence-electron chi connectivity index (χ1n) is 10.8. The number of benzene rings is 1. The molecule has 1 unspecified atom stereocenters. The highest BCUT2D eigenvalue weighted by Crippen LogP contribution is 2.36. The summed E-state index contributed by atoms with van der Waals surface area (Å²) >= 11 is 0. The van der Waals surface area contributed by atoms with Crippen LogP contribution in [0.15, 0.2) is 40.7 Å². The molecular weight excluding hydrogens is 398 g/mol. The molecule has 9 nitrogen and oxygen atoms in total. The average Bonchev–Trinajstić information content (AvgIpc) is 3.24. The lowest BCUT2D eigenvalue weighted by Gasteiger charge is -2.40. The van der Waals surface area contributed by atoms with Crippen LogP contribution in [0.5, 0.6) is 0 Å². The predicted octanol–water partition coefficient (Wildman–Crippen LogP) is 3.42. The van der Waals surface area contributed by atoms with E-state index in [-0.39, 0.29) is 17.4 Å². The smallest absolute Gasteiger partial charge is 0.319 e. The van der Waals surface area contributed by atoms with Gasteiger partial charge in [0.2, 0.25) is 5.69 Å². The van der Waals surface area contributed by atoms with Gasteiger partial charge in [-0.1, -0.05) is 35.5 Å². The molecule has 168 valence electrons. The van der Waals surface area contributed by atoms with Gasteiger partial charge in [-0.25, -0.2) is 4.63 Å². The molecule has 1 aromatic carbocycles. The van der Waals surface area contributed by atoms with Gasteiger partial charge >= 0.3 is 5.70 Å². The Kier molecular flexibility index (Phi) is 7.07.